The predicted molar refractivity (Wildman–Crippen MR) is 91.9 cm³/mol. The van der Waals surface area contributed by atoms with Crippen LogP contribution in [0.3, 0.4) is 0 Å². The molecule has 1 atom stereocenters. The van der Waals surface area contributed by atoms with E-state index in [0.29, 0.717) is 0 Å². The minimum Gasteiger partial charge on any atom is -0.378 e. The number of carbonyl (C=O) groups excluding carboxylic acids is 1. The summed E-state index contributed by atoms with van der Waals surface area (Å²) in [7, 11) is 0. The van der Waals surface area contributed by atoms with Gasteiger partial charge in [-0.1, -0.05) is 0 Å². The molecule has 110 valence electrons. The fraction of sp³-hybridized carbons (Fsp3) is 0.312. The van der Waals surface area contributed by atoms with E-state index in [9.17, 15) is 4.79 Å². The zero-order valence-electron chi connectivity index (χ0n) is 11.7. The van der Waals surface area contributed by atoms with Gasteiger partial charge in [-0.15, -0.1) is 11.3 Å². The molecule has 1 unspecified atom stereocenters. The molecule has 3 nitrogen and oxygen atoms in total. The molecule has 1 heterocycles. The Morgan fingerprint density at radius 3 is 2.52 bits per heavy atom. The molecule has 3 rings (SSSR count). The first-order chi connectivity index (χ1) is 10.1. The largest absolute Gasteiger partial charge is 0.378 e. The van der Waals surface area contributed by atoms with Crippen LogP contribution in [0, 0.1) is 5.92 Å². The number of nitrogens with one attached hydrogen (secondary N) is 2. The SMILES string of the molecule is CC(Nc1ccc(NC(=O)C2CC2)cc1)c1cc(Br)cs1. The quantitative estimate of drug-likeness (QED) is 0.780. The van der Waals surface area contributed by atoms with Crippen LogP contribution in [-0.2, 0) is 4.79 Å². The average Bonchev–Trinajstić information content (AvgIpc) is 3.23. The van der Waals surface area contributed by atoms with Crippen molar-refractivity contribution < 1.29 is 4.79 Å². The van der Waals surface area contributed by atoms with Crippen molar-refractivity contribution in [2.24, 2.45) is 5.92 Å². The van der Waals surface area contributed by atoms with Gasteiger partial charge in [-0.25, -0.2) is 0 Å². The second-order valence-corrected chi connectivity index (χ2v) is 7.23. The van der Waals surface area contributed by atoms with Gasteiger partial charge in [0.05, 0.1) is 6.04 Å². The van der Waals surface area contributed by atoms with E-state index in [1.54, 1.807) is 11.3 Å². The second kappa shape index (κ2) is 6.20. The van der Waals surface area contributed by atoms with E-state index in [4.69, 9.17) is 0 Å². The van der Waals surface area contributed by atoms with E-state index in [2.05, 4.69) is 44.9 Å². The predicted octanol–water partition coefficient (Wildman–Crippen LogP) is 5.03. The molecule has 1 saturated carbocycles. The zero-order valence-corrected chi connectivity index (χ0v) is 14.1. The van der Waals surface area contributed by atoms with E-state index in [0.717, 1.165) is 28.7 Å². The van der Waals surface area contributed by atoms with Gasteiger partial charge in [0.25, 0.3) is 0 Å². The molecule has 1 aromatic heterocycles. The number of benzene rings is 1. The Balaban J connectivity index is 1.59. The van der Waals surface area contributed by atoms with Crippen LogP contribution in [-0.4, -0.2) is 5.91 Å². The van der Waals surface area contributed by atoms with Gasteiger partial charge in [-0.3, -0.25) is 4.79 Å². The maximum absolute atomic E-state index is 11.7. The minimum absolute atomic E-state index is 0.146. The zero-order chi connectivity index (χ0) is 14.8. The highest BCUT2D eigenvalue weighted by molar-refractivity contribution is 9.10. The third-order valence-corrected chi connectivity index (χ3v) is 5.37. The van der Waals surface area contributed by atoms with E-state index >= 15 is 0 Å². The first-order valence-corrected chi connectivity index (χ1v) is 8.70. The van der Waals surface area contributed by atoms with Gasteiger partial charge in [0, 0.05) is 32.0 Å². The Hall–Kier alpha value is -1.33. The summed E-state index contributed by atoms with van der Waals surface area (Å²) in [5.41, 5.74) is 1.92. The molecule has 0 saturated heterocycles. The number of hydrogen-bond donors (Lipinski definition) is 2. The van der Waals surface area contributed by atoms with Gasteiger partial charge in [0.15, 0.2) is 0 Å². The fourth-order valence-corrected chi connectivity index (χ4v) is 3.57. The summed E-state index contributed by atoms with van der Waals surface area (Å²) in [6, 6.07) is 10.3. The van der Waals surface area contributed by atoms with Crippen molar-refractivity contribution in [3.05, 3.63) is 45.1 Å². The van der Waals surface area contributed by atoms with Gasteiger partial charge in [0.2, 0.25) is 5.91 Å². The summed E-state index contributed by atoms with van der Waals surface area (Å²) in [5.74, 6) is 0.382. The lowest BCUT2D eigenvalue weighted by Crippen LogP contribution is -2.13. The Morgan fingerprint density at radius 1 is 1.29 bits per heavy atom. The highest BCUT2D eigenvalue weighted by Crippen LogP contribution is 2.31. The molecule has 1 aliphatic carbocycles. The normalized spacial score (nSPS) is 15.5. The number of halogens is 1. The van der Waals surface area contributed by atoms with E-state index in [1.165, 1.54) is 4.88 Å². The maximum atomic E-state index is 11.7. The minimum atomic E-state index is 0.146. The van der Waals surface area contributed by atoms with Gasteiger partial charge >= 0.3 is 0 Å². The molecule has 1 amide bonds. The van der Waals surface area contributed by atoms with Crippen LogP contribution < -0.4 is 10.6 Å². The molecule has 5 heteroatoms. The molecule has 1 aromatic carbocycles. The monoisotopic (exact) mass is 364 g/mol. The summed E-state index contributed by atoms with van der Waals surface area (Å²) >= 11 is 5.21. The molecule has 0 bridgehead atoms. The van der Waals surface area contributed by atoms with Crippen LogP contribution in [0.1, 0.15) is 30.7 Å². The van der Waals surface area contributed by atoms with Crippen molar-refractivity contribution in [2.75, 3.05) is 10.6 Å². The lowest BCUT2D eigenvalue weighted by molar-refractivity contribution is -0.117. The molecule has 21 heavy (non-hydrogen) atoms. The third-order valence-electron chi connectivity index (χ3n) is 3.50. The fourth-order valence-electron chi connectivity index (χ4n) is 2.12. The molecular weight excluding hydrogens is 348 g/mol. The Morgan fingerprint density at radius 2 is 1.95 bits per heavy atom. The van der Waals surface area contributed by atoms with Crippen molar-refractivity contribution in [2.45, 2.75) is 25.8 Å². The van der Waals surface area contributed by atoms with Crippen molar-refractivity contribution in [1.82, 2.24) is 0 Å². The number of rotatable bonds is 5. The topological polar surface area (TPSA) is 41.1 Å². The summed E-state index contributed by atoms with van der Waals surface area (Å²) in [6.07, 6.45) is 2.05. The van der Waals surface area contributed by atoms with Crippen molar-refractivity contribution in [1.29, 1.82) is 0 Å². The van der Waals surface area contributed by atoms with Crippen LogP contribution in [0.15, 0.2) is 40.2 Å². The third kappa shape index (κ3) is 3.86. The molecule has 1 aliphatic rings. The van der Waals surface area contributed by atoms with E-state index in [1.807, 2.05) is 24.3 Å². The van der Waals surface area contributed by atoms with Crippen molar-refractivity contribution in [3.63, 3.8) is 0 Å². The van der Waals surface area contributed by atoms with E-state index in [-0.39, 0.29) is 17.9 Å². The number of anilines is 2. The van der Waals surface area contributed by atoms with Crippen molar-refractivity contribution >= 4 is 44.5 Å². The van der Waals surface area contributed by atoms with Crippen LogP contribution in [0.5, 0.6) is 0 Å². The molecular formula is C16H17BrN2OS. The average molecular weight is 365 g/mol. The van der Waals surface area contributed by atoms with E-state index < -0.39 is 0 Å². The first kappa shape index (κ1) is 14.6. The van der Waals surface area contributed by atoms with Gasteiger partial charge < -0.3 is 10.6 Å². The number of amides is 1. The summed E-state index contributed by atoms with van der Waals surface area (Å²) in [4.78, 5) is 13.0. The lowest BCUT2D eigenvalue weighted by Gasteiger charge is -2.14. The highest BCUT2D eigenvalue weighted by atomic mass is 79.9. The number of hydrogen-bond acceptors (Lipinski definition) is 3. The van der Waals surface area contributed by atoms with Gasteiger partial charge in [-0.2, -0.15) is 0 Å². The molecule has 0 radical (unpaired) electrons. The van der Waals surface area contributed by atoms with Gasteiger partial charge in [0.1, 0.15) is 0 Å². The number of carbonyl (C=O) groups is 1. The maximum Gasteiger partial charge on any atom is 0.227 e. The van der Waals surface area contributed by atoms with Crippen LogP contribution in [0.2, 0.25) is 0 Å². The summed E-state index contributed by atoms with van der Waals surface area (Å²) in [6.45, 7) is 2.14. The van der Waals surface area contributed by atoms with Crippen LogP contribution in [0.25, 0.3) is 0 Å². The smallest absolute Gasteiger partial charge is 0.227 e. The van der Waals surface area contributed by atoms with Crippen LogP contribution in [0.4, 0.5) is 11.4 Å². The standard InChI is InChI=1S/C16H17BrN2OS/c1-10(15-8-12(17)9-21-15)18-13-4-6-14(7-5-13)19-16(20)11-2-3-11/h4-11,18H,2-3H2,1H3,(H,19,20). The number of thiophene rings is 1. The second-order valence-electron chi connectivity index (χ2n) is 5.37. The molecule has 1 fully saturated rings. The summed E-state index contributed by atoms with van der Waals surface area (Å²) in [5, 5.41) is 8.50. The molecule has 0 spiro atoms. The first-order valence-electron chi connectivity index (χ1n) is 7.03. The highest BCUT2D eigenvalue weighted by Gasteiger charge is 2.29. The molecule has 2 N–H and O–H groups in total. The molecule has 2 aromatic rings. The lowest BCUT2D eigenvalue weighted by atomic mass is 10.2. The Bertz CT molecular complexity index is 634. The Kier molecular flexibility index (Phi) is 4.31. The summed E-state index contributed by atoms with van der Waals surface area (Å²) < 4.78 is 1.12. The molecule has 0 aliphatic heterocycles. The van der Waals surface area contributed by atoms with Crippen LogP contribution >= 0.6 is 27.3 Å². The van der Waals surface area contributed by atoms with Gasteiger partial charge in [-0.05, 0) is 66.0 Å². The Labute approximate surface area is 136 Å². The van der Waals surface area contributed by atoms with Crippen molar-refractivity contribution in [3.8, 4) is 0 Å².